The summed E-state index contributed by atoms with van der Waals surface area (Å²) in [7, 11) is 1.50. The molecule has 0 saturated carbocycles. The monoisotopic (exact) mass is 294 g/mol. The fourth-order valence-electron chi connectivity index (χ4n) is 2.49. The molecule has 6 nitrogen and oxygen atoms in total. The molecule has 0 fully saturated rings. The van der Waals surface area contributed by atoms with Crippen LogP contribution in [-0.2, 0) is 0 Å². The highest BCUT2D eigenvalue weighted by Crippen LogP contribution is 2.39. The Hall–Kier alpha value is -3.07. The highest BCUT2D eigenvalue weighted by atomic mass is 16.5. The standard InChI is InChI=1S/C16H14N4O2/c1-22-14-8-12(5-6-13(14)21)16-15(18-20-19-16)11-4-2-3-10(7-11)9-17/h2-8,15-16,21H,1H3,(H,18,19). The summed E-state index contributed by atoms with van der Waals surface area (Å²) >= 11 is 0. The van der Waals surface area contributed by atoms with Crippen LogP contribution in [0.5, 0.6) is 11.5 Å². The summed E-state index contributed by atoms with van der Waals surface area (Å²) in [6.07, 6.45) is 0. The van der Waals surface area contributed by atoms with Gasteiger partial charge in [-0.2, -0.15) is 10.4 Å². The van der Waals surface area contributed by atoms with Crippen molar-refractivity contribution >= 4 is 0 Å². The quantitative estimate of drug-likeness (QED) is 0.910. The Morgan fingerprint density at radius 2 is 2.09 bits per heavy atom. The summed E-state index contributed by atoms with van der Waals surface area (Å²) in [6, 6.07) is 14.2. The zero-order valence-corrected chi connectivity index (χ0v) is 11.9. The van der Waals surface area contributed by atoms with Crippen LogP contribution in [0.1, 0.15) is 28.8 Å². The molecule has 6 heteroatoms. The largest absolute Gasteiger partial charge is 0.504 e. The lowest BCUT2D eigenvalue weighted by molar-refractivity contribution is 0.372. The van der Waals surface area contributed by atoms with Crippen LogP contribution < -0.4 is 10.2 Å². The third kappa shape index (κ3) is 2.44. The van der Waals surface area contributed by atoms with Crippen LogP contribution in [0.2, 0.25) is 0 Å². The number of phenolic OH excluding ortho intramolecular Hbond substituents is 1. The average Bonchev–Trinajstić information content (AvgIpc) is 3.05. The first-order valence-electron chi connectivity index (χ1n) is 6.75. The summed E-state index contributed by atoms with van der Waals surface area (Å²) in [6.45, 7) is 0. The first-order valence-corrected chi connectivity index (χ1v) is 6.75. The maximum Gasteiger partial charge on any atom is 0.160 e. The Balaban J connectivity index is 1.96. The van der Waals surface area contributed by atoms with E-state index in [0.717, 1.165) is 11.1 Å². The fraction of sp³-hybridized carbons (Fsp3) is 0.188. The summed E-state index contributed by atoms with van der Waals surface area (Å²) < 4.78 is 5.14. The van der Waals surface area contributed by atoms with Gasteiger partial charge in [-0.1, -0.05) is 23.4 Å². The van der Waals surface area contributed by atoms with E-state index in [4.69, 9.17) is 10.00 Å². The van der Waals surface area contributed by atoms with Gasteiger partial charge < -0.3 is 9.84 Å². The van der Waals surface area contributed by atoms with E-state index in [1.807, 2.05) is 12.1 Å². The summed E-state index contributed by atoms with van der Waals surface area (Å²) in [5.41, 5.74) is 5.36. The van der Waals surface area contributed by atoms with E-state index in [1.165, 1.54) is 7.11 Å². The third-order valence-corrected chi connectivity index (χ3v) is 3.61. The van der Waals surface area contributed by atoms with Gasteiger partial charge in [0.15, 0.2) is 11.5 Å². The Morgan fingerprint density at radius 1 is 1.23 bits per heavy atom. The van der Waals surface area contributed by atoms with Gasteiger partial charge in [0, 0.05) is 0 Å². The predicted molar refractivity (Wildman–Crippen MR) is 79.3 cm³/mol. The minimum Gasteiger partial charge on any atom is -0.504 e. The van der Waals surface area contributed by atoms with Gasteiger partial charge >= 0.3 is 0 Å². The fourth-order valence-corrected chi connectivity index (χ4v) is 2.49. The van der Waals surface area contributed by atoms with E-state index in [2.05, 4.69) is 21.8 Å². The Bertz CT molecular complexity index is 767. The number of nitrogens with one attached hydrogen (secondary N) is 1. The lowest BCUT2D eigenvalue weighted by Crippen LogP contribution is -2.16. The van der Waals surface area contributed by atoms with Crippen molar-refractivity contribution in [3.63, 3.8) is 0 Å². The van der Waals surface area contributed by atoms with E-state index < -0.39 is 0 Å². The van der Waals surface area contributed by atoms with Crippen LogP contribution in [0.3, 0.4) is 0 Å². The number of nitriles is 1. The van der Waals surface area contributed by atoms with E-state index in [0.29, 0.717) is 11.3 Å². The van der Waals surface area contributed by atoms with Crippen molar-refractivity contribution in [3.05, 3.63) is 59.2 Å². The zero-order chi connectivity index (χ0) is 15.5. The number of rotatable bonds is 3. The summed E-state index contributed by atoms with van der Waals surface area (Å²) in [5, 5.41) is 26.9. The SMILES string of the molecule is COc1cc(C2NN=NC2c2cccc(C#N)c2)ccc1O. The molecule has 0 saturated heterocycles. The topological polar surface area (TPSA) is 90.0 Å². The zero-order valence-electron chi connectivity index (χ0n) is 11.9. The molecule has 3 rings (SSSR count). The molecule has 0 radical (unpaired) electrons. The molecule has 0 bridgehead atoms. The van der Waals surface area contributed by atoms with Crippen LogP contribution in [0.15, 0.2) is 52.8 Å². The minimum absolute atomic E-state index is 0.0844. The molecule has 0 amide bonds. The highest BCUT2D eigenvalue weighted by Gasteiger charge is 2.29. The van der Waals surface area contributed by atoms with Crippen LogP contribution in [0, 0.1) is 11.3 Å². The Kier molecular flexibility index (Phi) is 3.62. The molecule has 0 aliphatic carbocycles. The van der Waals surface area contributed by atoms with Gasteiger partial charge in [-0.3, -0.25) is 5.43 Å². The summed E-state index contributed by atoms with van der Waals surface area (Å²) in [5.74, 6) is 0.483. The number of methoxy groups -OCH3 is 1. The molecule has 2 aromatic rings. The van der Waals surface area contributed by atoms with E-state index in [1.54, 1.807) is 30.3 Å². The van der Waals surface area contributed by atoms with Crippen LogP contribution in [0.4, 0.5) is 0 Å². The van der Waals surface area contributed by atoms with Crippen molar-refractivity contribution < 1.29 is 9.84 Å². The first-order chi connectivity index (χ1) is 10.7. The molecule has 22 heavy (non-hydrogen) atoms. The van der Waals surface area contributed by atoms with Gasteiger partial charge in [0.1, 0.15) is 6.04 Å². The molecule has 2 unspecified atom stereocenters. The molecular weight excluding hydrogens is 280 g/mol. The number of phenols is 1. The maximum atomic E-state index is 9.70. The minimum atomic E-state index is -0.234. The second-order valence-corrected chi connectivity index (χ2v) is 4.94. The first kappa shape index (κ1) is 13.9. The Labute approximate surface area is 127 Å². The van der Waals surface area contributed by atoms with Gasteiger partial charge in [0.25, 0.3) is 0 Å². The molecule has 0 spiro atoms. The predicted octanol–water partition coefficient (Wildman–Crippen LogP) is 3.03. The van der Waals surface area contributed by atoms with Gasteiger partial charge in [-0.05, 0) is 35.4 Å². The van der Waals surface area contributed by atoms with Crippen LogP contribution in [-0.4, -0.2) is 12.2 Å². The maximum absolute atomic E-state index is 9.70. The van der Waals surface area contributed by atoms with Crippen molar-refractivity contribution in [2.75, 3.05) is 7.11 Å². The van der Waals surface area contributed by atoms with Gasteiger partial charge in [-0.15, -0.1) is 0 Å². The molecule has 2 N–H and O–H groups in total. The average molecular weight is 294 g/mol. The molecule has 1 aliphatic heterocycles. The van der Waals surface area contributed by atoms with Crippen molar-refractivity contribution in [1.82, 2.24) is 5.43 Å². The molecular formula is C16H14N4O2. The highest BCUT2D eigenvalue weighted by molar-refractivity contribution is 5.44. The van der Waals surface area contributed by atoms with E-state index in [-0.39, 0.29) is 17.8 Å². The number of aromatic hydroxyl groups is 1. The molecule has 1 heterocycles. The van der Waals surface area contributed by atoms with Gasteiger partial charge in [0.05, 0.1) is 24.8 Å². The normalized spacial score (nSPS) is 19.5. The lowest BCUT2D eigenvalue weighted by atomic mass is 9.93. The number of ether oxygens (including phenoxy) is 1. The molecule has 0 aromatic heterocycles. The second-order valence-electron chi connectivity index (χ2n) is 4.94. The second kappa shape index (κ2) is 5.74. The van der Waals surface area contributed by atoms with Crippen molar-refractivity contribution in [2.45, 2.75) is 12.1 Å². The number of hydrogen-bond donors (Lipinski definition) is 2. The van der Waals surface area contributed by atoms with E-state index >= 15 is 0 Å². The van der Waals surface area contributed by atoms with Crippen molar-refractivity contribution in [1.29, 1.82) is 5.26 Å². The Morgan fingerprint density at radius 3 is 2.86 bits per heavy atom. The van der Waals surface area contributed by atoms with Gasteiger partial charge in [-0.25, -0.2) is 0 Å². The lowest BCUT2D eigenvalue weighted by Gasteiger charge is -2.18. The van der Waals surface area contributed by atoms with Crippen LogP contribution in [0.25, 0.3) is 0 Å². The number of benzene rings is 2. The van der Waals surface area contributed by atoms with Crippen molar-refractivity contribution in [3.8, 4) is 17.6 Å². The molecule has 1 aliphatic rings. The van der Waals surface area contributed by atoms with Crippen LogP contribution >= 0.6 is 0 Å². The molecule has 110 valence electrons. The molecule has 2 aromatic carbocycles. The number of hydrogen-bond acceptors (Lipinski definition) is 6. The third-order valence-electron chi connectivity index (χ3n) is 3.61. The van der Waals surface area contributed by atoms with Gasteiger partial charge in [0.2, 0.25) is 0 Å². The molecule has 2 atom stereocenters. The van der Waals surface area contributed by atoms with E-state index in [9.17, 15) is 5.11 Å². The number of nitrogens with zero attached hydrogens (tertiary/aromatic N) is 3. The smallest absolute Gasteiger partial charge is 0.160 e. The summed E-state index contributed by atoms with van der Waals surface area (Å²) in [4.78, 5) is 0. The van der Waals surface area contributed by atoms with Crippen molar-refractivity contribution in [2.24, 2.45) is 10.3 Å².